The molecule has 1 rings (SSSR count). The summed E-state index contributed by atoms with van der Waals surface area (Å²) in [7, 11) is 0. The van der Waals surface area contributed by atoms with E-state index in [-0.39, 0.29) is 5.48 Å². The Hall–Kier alpha value is 0.170. The summed E-state index contributed by atoms with van der Waals surface area (Å²) in [5.41, 5.74) is 0. The number of nitrogens with one attached hydrogen (secondary N) is 1. The predicted molar refractivity (Wildman–Crippen MR) is 45.1 cm³/mol. The van der Waals surface area contributed by atoms with Crippen LogP contribution in [0.5, 0.6) is 0 Å². The van der Waals surface area contributed by atoms with E-state index < -0.39 is 0 Å². The van der Waals surface area contributed by atoms with Crippen molar-refractivity contribution in [1.82, 2.24) is 5.00 Å². The molecule has 1 fully saturated rings. The van der Waals surface area contributed by atoms with Gasteiger partial charge in [0, 0.05) is 11.8 Å². The van der Waals surface area contributed by atoms with Crippen LogP contribution in [0, 0.1) is 5.92 Å². The zero-order valence-corrected chi connectivity index (χ0v) is 7.36. The molecule has 0 aromatic rings. The molecule has 0 aromatic heterocycles. The summed E-state index contributed by atoms with van der Waals surface area (Å²) in [6.07, 6.45) is 6.72. The zero-order valence-electron chi connectivity index (χ0n) is 6.61. The molecule has 0 amide bonds. The van der Waals surface area contributed by atoms with Crippen LogP contribution in [0.1, 0.15) is 32.1 Å². The smallest absolute Gasteiger partial charge is 0.0725 e. The van der Waals surface area contributed by atoms with Gasteiger partial charge < -0.3 is 5.48 Å². The average Bonchev–Trinajstić information content (AvgIpc) is 2.03. The summed E-state index contributed by atoms with van der Waals surface area (Å²) in [5.74, 6) is 0.736. The van der Waals surface area contributed by atoms with Gasteiger partial charge in [0.1, 0.15) is 0 Å². The van der Waals surface area contributed by atoms with Crippen molar-refractivity contribution < 1.29 is 10.3 Å². The first kappa shape index (κ1) is 11.2. The minimum atomic E-state index is 0. The Bertz CT molecular complexity index is 86.5. The summed E-state index contributed by atoms with van der Waals surface area (Å²) in [4.78, 5) is 7.08. The predicted octanol–water partition coefficient (Wildman–Crippen LogP) is 1.42. The first-order valence-electron chi connectivity index (χ1n) is 3.91. The average molecular weight is 182 g/mol. The van der Waals surface area contributed by atoms with Crippen LogP contribution in [0.25, 0.3) is 0 Å². The van der Waals surface area contributed by atoms with Crippen molar-refractivity contribution in [3.05, 3.63) is 0 Å². The van der Waals surface area contributed by atoms with Crippen LogP contribution in [0.15, 0.2) is 0 Å². The second kappa shape index (κ2) is 6.85. The lowest BCUT2D eigenvalue weighted by atomic mass is 9.90. The molecule has 0 bridgehead atoms. The molecule has 0 unspecified atom stereocenters. The molecule has 1 saturated carbocycles. The summed E-state index contributed by atoms with van der Waals surface area (Å²) >= 11 is 5.15. The van der Waals surface area contributed by atoms with Gasteiger partial charge >= 0.3 is 0 Å². The molecule has 0 saturated heterocycles. The Morgan fingerprint density at radius 1 is 1.27 bits per heavy atom. The van der Waals surface area contributed by atoms with Gasteiger partial charge in [0.25, 0.3) is 0 Å². The number of hydrogen-bond donors (Lipinski definition) is 1. The molecule has 3 nitrogen and oxygen atoms in total. The largest absolute Gasteiger partial charge is 0.412 e. The van der Waals surface area contributed by atoms with E-state index in [4.69, 9.17) is 16.6 Å². The van der Waals surface area contributed by atoms with Gasteiger partial charge in [-0.2, -0.15) is 0 Å². The Labute approximate surface area is 72.4 Å². The van der Waals surface area contributed by atoms with Gasteiger partial charge in [-0.3, -0.25) is 4.84 Å². The molecule has 0 radical (unpaired) electrons. The van der Waals surface area contributed by atoms with E-state index in [1.807, 2.05) is 0 Å². The van der Waals surface area contributed by atoms with Gasteiger partial charge in [0.2, 0.25) is 0 Å². The maximum Gasteiger partial charge on any atom is 0.0725 e. The Morgan fingerprint density at radius 3 is 2.45 bits per heavy atom. The Kier molecular flexibility index (Phi) is 6.96. The lowest BCUT2D eigenvalue weighted by Crippen LogP contribution is -2.16. The molecule has 0 aliphatic heterocycles. The zero-order chi connectivity index (χ0) is 7.23. The fourth-order valence-corrected chi connectivity index (χ4v) is 1.57. The standard InChI is InChI=1S/C7H14ClNO.H2O/c8-9-10-6-7-4-2-1-3-5-7;/h7,9H,1-6H2;1H2. The molecule has 1 aliphatic carbocycles. The molecule has 11 heavy (non-hydrogen) atoms. The van der Waals surface area contributed by atoms with Crippen molar-refractivity contribution in [1.29, 1.82) is 0 Å². The van der Waals surface area contributed by atoms with Crippen molar-refractivity contribution in [2.45, 2.75) is 32.1 Å². The van der Waals surface area contributed by atoms with E-state index in [2.05, 4.69) is 5.00 Å². The van der Waals surface area contributed by atoms with Gasteiger partial charge in [-0.05, 0) is 18.8 Å². The molecule has 0 atom stereocenters. The first-order valence-corrected chi connectivity index (χ1v) is 4.28. The Morgan fingerprint density at radius 2 is 1.91 bits per heavy atom. The maximum absolute atomic E-state index is 5.15. The minimum absolute atomic E-state index is 0. The second-order valence-corrected chi connectivity index (χ2v) is 3.05. The third-order valence-electron chi connectivity index (χ3n) is 2.10. The van der Waals surface area contributed by atoms with Gasteiger partial charge in [-0.25, -0.2) is 0 Å². The van der Waals surface area contributed by atoms with Gasteiger partial charge in [0.05, 0.1) is 6.61 Å². The van der Waals surface area contributed by atoms with Crippen molar-refractivity contribution in [3.8, 4) is 0 Å². The summed E-state index contributed by atoms with van der Waals surface area (Å²) < 4.78 is 0. The fraction of sp³-hybridized carbons (Fsp3) is 1.00. The van der Waals surface area contributed by atoms with Crippen molar-refractivity contribution in [3.63, 3.8) is 0 Å². The van der Waals surface area contributed by atoms with Crippen LogP contribution in [0.3, 0.4) is 0 Å². The number of hydrogen-bond acceptors (Lipinski definition) is 2. The lowest BCUT2D eigenvalue weighted by Gasteiger charge is -2.20. The Balaban J connectivity index is 0.000001000. The normalized spacial score (nSPS) is 19.4. The highest BCUT2D eigenvalue weighted by atomic mass is 35.5. The monoisotopic (exact) mass is 181 g/mol. The van der Waals surface area contributed by atoms with Crippen molar-refractivity contribution in [2.75, 3.05) is 6.61 Å². The van der Waals surface area contributed by atoms with E-state index in [0.29, 0.717) is 0 Å². The van der Waals surface area contributed by atoms with Crippen LogP contribution in [-0.4, -0.2) is 12.1 Å². The van der Waals surface area contributed by atoms with E-state index in [9.17, 15) is 0 Å². The minimum Gasteiger partial charge on any atom is -0.412 e. The SMILES string of the molecule is ClNOCC1CCCCC1.O. The molecule has 68 valence electrons. The quantitative estimate of drug-likeness (QED) is 0.529. The van der Waals surface area contributed by atoms with E-state index in [1.54, 1.807) is 0 Å². The molecule has 0 spiro atoms. The number of rotatable bonds is 3. The van der Waals surface area contributed by atoms with Gasteiger partial charge in [-0.1, -0.05) is 19.3 Å². The molecule has 3 N–H and O–H groups in total. The third-order valence-corrected chi connectivity index (χ3v) is 2.21. The highest BCUT2D eigenvalue weighted by Crippen LogP contribution is 2.23. The first-order chi connectivity index (χ1) is 4.93. The highest BCUT2D eigenvalue weighted by molar-refractivity contribution is 6.12. The summed E-state index contributed by atoms with van der Waals surface area (Å²) in [6, 6.07) is 0. The van der Waals surface area contributed by atoms with Crippen molar-refractivity contribution >= 4 is 11.8 Å². The molecule has 4 heteroatoms. The number of halogens is 1. The second-order valence-electron chi connectivity index (χ2n) is 2.89. The van der Waals surface area contributed by atoms with Crippen LogP contribution >= 0.6 is 11.8 Å². The third kappa shape index (κ3) is 4.58. The highest BCUT2D eigenvalue weighted by Gasteiger charge is 2.12. The van der Waals surface area contributed by atoms with Crippen LogP contribution in [-0.2, 0) is 4.84 Å². The molecule has 0 aromatic carbocycles. The topological polar surface area (TPSA) is 52.8 Å². The molecular formula is C7H16ClNO2. The fourth-order valence-electron chi connectivity index (χ4n) is 1.50. The maximum atomic E-state index is 5.15. The molecular weight excluding hydrogens is 166 g/mol. The van der Waals surface area contributed by atoms with E-state index in [0.717, 1.165) is 12.5 Å². The van der Waals surface area contributed by atoms with Gasteiger partial charge in [-0.15, -0.1) is 5.00 Å². The van der Waals surface area contributed by atoms with Crippen molar-refractivity contribution in [2.24, 2.45) is 5.92 Å². The lowest BCUT2D eigenvalue weighted by molar-refractivity contribution is 0.0533. The molecule has 1 aliphatic rings. The summed E-state index contributed by atoms with van der Waals surface area (Å²) in [5, 5.41) is 0. The van der Waals surface area contributed by atoms with Gasteiger partial charge in [0.15, 0.2) is 0 Å². The van der Waals surface area contributed by atoms with Crippen LogP contribution < -0.4 is 5.00 Å². The van der Waals surface area contributed by atoms with Crippen LogP contribution in [0.2, 0.25) is 0 Å². The molecule has 0 heterocycles. The van der Waals surface area contributed by atoms with E-state index >= 15 is 0 Å². The summed E-state index contributed by atoms with van der Waals surface area (Å²) in [6.45, 7) is 0.767. The van der Waals surface area contributed by atoms with E-state index in [1.165, 1.54) is 32.1 Å². The van der Waals surface area contributed by atoms with Crippen LogP contribution in [0.4, 0.5) is 0 Å².